The predicted octanol–water partition coefficient (Wildman–Crippen LogP) is 7.57. The lowest BCUT2D eigenvalue weighted by Gasteiger charge is -2.37. The molecule has 0 amide bonds. The lowest BCUT2D eigenvalue weighted by molar-refractivity contribution is -0.204. The molecule has 2 aliphatic rings. The monoisotopic (exact) mass is 644 g/mol. The van der Waals surface area contributed by atoms with E-state index in [0.29, 0.717) is 17.0 Å². The maximum absolute atomic E-state index is 7.20. The number of benzene rings is 4. The van der Waals surface area contributed by atoms with Gasteiger partial charge in [0.15, 0.2) is 22.8 Å². The number of rotatable bonds is 8. The summed E-state index contributed by atoms with van der Waals surface area (Å²) in [5.41, 5.74) is 4.02. The Bertz CT molecular complexity index is 1890. The molecule has 0 spiro atoms. The van der Waals surface area contributed by atoms with Gasteiger partial charge in [0.2, 0.25) is 0 Å². The van der Waals surface area contributed by atoms with Crippen LogP contribution in [0.25, 0.3) is 22.6 Å². The normalized spacial score (nSPS) is 22.0. The van der Waals surface area contributed by atoms with Crippen LogP contribution in [-0.4, -0.2) is 50.2 Å². The minimum atomic E-state index is -0.923. The Morgan fingerprint density at radius 3 is 1.85 bits per heavy atom. The SMILES string of the molecule is CC1(C)O[C@@H]2[C@H](O1)[C@@H](COC(c1ccccc1)(c1ccccc1)c1ccccc1)O[C@H]2n1c(-c2ccccc2)nc2c(Cl)ncnc21. The first-order chi connectivity index (χ1) is 22.9. The van der Waals surface area contributed by atoms with Crippen molar-refractivity contribution in [1.82, 2.24) is 19.5 Å². The molecule has 8 nitrogen and oxygen atoms in total. The first-order valence-electron chi connectivity index (χ1n) is 15.7. The zero-order valence-electron chi connectivity index (χ0n) is 25.9. The standard InChI is InChI=1S/C38H33ClN4O4/c1-37(2)46-31-29(23-44-38(26-17-9-4-10-18-26,27-19-11-5-12-20-27)28-21-13-6-14-22-28)45-36(32(31)47-37)43-34(25-15-7-3-8-16-25)42-30-33(39)40-24-41-35(30)43/h3-22,24,29,31-32,36H,23H2,1-2H3/t29-,31-,32-,36-/m1/s1. The summed E-state index contributed by atoms with van der Waals surface area (Å²) in [5, 5.41) is 0.266. The van der Waals surface area contributed by atoms with Crippen LogP contribution in [0.4, 0.5) is 0 Å². The van der Waals surface area contributed by atoms with E-state index in [-0.39, 0.29) is 11.8 Å². The van der Waals surface area contributed by atoms with Gasteiger partial charge in [0.05, 0.1) is 6.61 Å². The largest absolute Gasteiger partial charge is 0.358 e. The Morgan fingerprint density at radius 2 is 1.28 bits per heavy atom. The molecule has 236 valence electrons. The maximum Gasteiger partial charge on any atom is 0.167 e. The van der Waals surface area contributed by atoms with Crippen molar-refractivity contribution in [2.24, 2.45) is 0 Å². The molecule has 8 rings (SSSR count). The Kier molecular flexibility index (Phi) is 7.63. The van der Waals surface area contributed by atoms with E-state index >= 15 is 0 Å². The highest BCUT2D eigenvalue weighted by Crippen LogP contribution is 2.47. The molecule has 0 radical (unpaired) electrons. The van der Waals surface area contributed by atoms with Gasteiger partial charge in [0.25, 0.3) is 0 Å². The Labute approximate surface area is 277 Å². The van der Waals surface area contributed by atoms with Crippen LogP contribution in [0.2, 0.25) is 5.15 Å². The van der Waals surface area contributed by atoms with Crippen molar-refractivity contribution >= 4 is 22.8 Å². The molecule has 0 saturated carbocycles. The molecule has 2 aliphatic heterocycles. The second kappa shape index (κ2) is 12.0. The second-order valence-electron chi connectivity index (χ2n) is 12.2. The molecule has 2 fully saturated rings. The van der Waals surface area contributed by atoms with E-state index in [1.54, 1.807) is 0 Å². The lowest BCUT2D eigenvalue weighted by Crippen LogP contribution is -2.39. The van der Waals surface area contributed by atoms with Gasteiger partial charge in [-0.15, -0.1) is 0 Å². The van der Waals surface area contributed by atoms with Crippen molar-refractivity contribution in [2.45, 2.75) is 49.8 Å². The van der Waals surface area contributed by atoms with Gasteiger partial charge in [-0.3, -0.25) is 4.57 Å². The third kappa shape index (κ3) is 5.23. The van der Waals surface area contributed by atoms with Gasteiger partial charge in [0.1, 0.15) is 41.6 Å². The summed E-state index contributed by atoms with van der Waals surface area (Å²) in [7, 11) is 0. The molecule has 47 heavy (non-hydrogen) atoms. The molecule has 9 heteroatoms. The third-order valence-electron chi connectivity index (χ3n) is 8.85. The maximum atomic E-state index is 7.20. The van der Waals surface area contributed by atoms with Gasteiger partial charge in [-0.05, 0) is 30.5 Å². The number of aromatic nitrogens is 4. The van der Waals surface area contributed by atoms with Crippen molar-refractivity contribution in [1.29, 1.82) is 0 Å². The average molecular weight is 645 g/mol. The molecule has 4 heterocycles. The average Bonchev–Trinajstić information content (AvgIpc) is 3.76. The number of fused-ring (bicyclic) bond motifs is 2. The molecule has 0 aliphatic carbocycles. The Balaban J connectivity index is 1.23. The highest BCUT2D eigenvalue weighted by atomic mass is 35.5. The van der Waals surface area contributed by atoms with Crippen LogP contribution in [0.15, 0.2) is 128 Å². The fourth-order valence-electron chi connectivity index (χ4n) is 6.89. The van der Waals surface area contributed by atoms with Crippen molar-refractivity contribution in [3.63, 3.8) is 0 Å². The zero-order valence-corrected chi connectivity index (χ0v) is 26.7. The highest BCUT2D eigenvalue weighted by molar-refractivity contribution is 6.33. The molecular weight excluding hydrogens is 612 g/mol. The summed E-state index contributed by atoms with van der Waals surface area (Å²) in [5.74, 6) is -0.199. The number of nitrogens with zero attached hydrogens (tertiary/aromatic N) is 4. The molecular formula is C38H33ClN4O4. The first-order valence-corrected chi connectivity index (χ1v) is 16.1. The Hall–Kier alpha value is -4.44. The summed E-state index contributed by atoms with van der Waals surface area (Å²) < 4.78 is 29.2. The molecule has 2 saturated heterocycles. The highest BCUT2D eigenvalue weighted by Gasteiger charge is 2.57. The van der Waals surface area contributed by atoms with Crippen LogP contribution >= 0.6 is 11.6 Å². The molecule has 0 unspecified atom stereocenters. The summed E-state index contributed by atoms with van der Waals surface area (Å²) in [6, 6.07) is 40.8. The molecule has 4 atom stereocenters. The Morgan fingerprint density at radius 1 is 0.745 bits per heavy atom. The number of hydrogen-bond acceptors (Lipinski definition) is 7. The van der Waals surface area contributed by atoms with Gasteiger partial charge in [-0.1, -0.05) is 133 Å². The smallest absolute Gasteiger partial charge is 0.167 e. The molecule has 2 aromatic heterocycles. The van der Waals surface area contributed by atoms with E-state index in [0.717, 1.165) is 22.3 Å². The van der Waals surface area contributed by atoms with Crippen molar-refractivity contribution in [3.8, 4) is 11.4 Å². The fraction of sp³-hybridized carbons (Fsp3) is 0.237. The third-order valence-corrected chi connectivity index (χ3v) is 9.13. The summed E-state index contributed by atoms with van der Waals surface area (Å²) >= 11 is 6.55. The van der Waals surface area contributed by atoms with Crippen LogP contribution in [0.3, 0.4) is 0 Å². The van der Waals surface area contributed by atoms with E-state index in [4.69, 9.17) is 35.5 Å². The van der Waals surface area contributed by atoms with E-state index in [2.05, 4.69) is 46.4 Å². The lowest BCUT2D eigenvalue weighted by atomic mass is 9.80. The number of imidazole rings is 1. The van der Waals surface area contributed by atoms with E-state index < -0.39 is 35.9 Å². The zero-order chi connectivity index (χ0) is 32.0. The number of ether oxygens (including phenoxy) is 4. The quantitative estimate of drug-likeness (QED) is 0.125. The summed E-state index contributed by atoms with van der Waals surface area (Å²) in [6.45, 7) is 4.05. The summed E-state index contributed by atoms with van der Waals surface area (Å²) in [4.78, 5) is 13.7. The minimum Gasteiger partial charge on any atom is -0.358 e. The molecule has 4 aromatic carbocycles. The molecule has 0 N–H and O–H groups in total. The number of hydrogen-bond donors (Lipinski definition) is 0. The first kappa shape index (κ1) is 29.9. The molecule has 6 aromatic rings. The number of halogens is 1. The van der Waals surface area contributed by atoms with Gasteiger partial charge in [-0.25, -0.2) is 15.0 Å². The van der Waals surface area contributed by atoms with Gasteiger partial charge >= 0.3 is 0 Å². The minimum absolute atomic E-state index is 0.207. The van der Waals surface area contributed by atoms with Crippen LogP contribution in [0.5, 0.6) is 0 Å². The summed E-state index contributed by atoms with van der Waals surface area (Å²) in [6.07, 6.45) is -0.615. The second-order valence-corrected chi connectivity index (χ2v) is 12.6. The van der Waals surface area contributed by atoms with Gasteiger partial charge < -0.3 is 18.9 Å². The van der Waals surface area contributed by atoms with E-state index in [1.807, 2.05) is 103 Å². The van der Waals surface area contributed by atoms with E-state index in [1.165, 1.54) is 6.33 Å². The van der Waals surface area contributed by atoms with Crippen LogP contribution in [0, 0.1) is 0 Å². The van der Waals surface area contributed by atoms with Crippen LogP contribution in [-0.2, 0) is 24.5 Å². The topological polar surface area (TPSA) is 80.5 Å². The molecule has 0 bridgehead atoms. The van der Waals surface area contributed by atoms with Crippen molar-refractivity contribution < 1.29 is 18.9 Å². The fourth-order valence-corrected chi connectivity index (χ4v) is 7.06. The van der Waals surface area contributed by atoms with E-state index in [9.17, 15) is 0 Å². The van der Waals surface area contributed by atoms with Crippen molar-refractivity contribution in [3.05, 3.63) is 149 Å². The van der Waals surface area contributed by atoms with Crippen LogP contribution in [0.1, 0.15) is 36.8 Å². The van der Waals surface area contributed by atoms with Gasteiger partial charge in [0, 0.05) is 5.56 Å². The van der Waals surface area contributed by atoms with Crippen LogP contribution < -0.4 is 0 Å². The van der Waals surface area contributed by atoms with Crippen molar-refractivity contribution in [2.75, 3.05) is 6.61 Å². The predicted molar refractivity (Wildman–Crippen MR) is 179 cm³/mol. The van der Waals surface area contributed by atoms with Gasteiger partial charge in [-0.2, -0.15) is 0 Å².